The molecule has 0 aliphatic carbocycles. The van der Waals surface area contributed by atoms with Crippen molar-refractivity contribution in [3.8, 4) is 0 Å². The lowest BCUT2D eigenvalue weighted by molar-refractivity contribution is 0.0934. The highest BCUT2D eigenvalue weighted by atomic mass is 16.2. The van der Waals surface area contributed by atoms with Crippen molar-refractivity contribution >= 4 is 11.8 Å². The first-order valence-electron chi connectivity index (χ1n) is 7.64. The molecular formula is C16H26N4O2. The van der Waals surface area contributed by atoms with Gasteiger partial charge in [-0.25, -0.2) is 0 Å². The van der Waals surface area contributed by atoms with Crippen LogP contribution in [0.3, 0.4) is 0 Å². The van der Waals surface area contributed by atoms with Gasteiger partial charge in [-0.05, 0) is 52.5 Å². The van der Waals surface area contributed by atoms with Crippen LogP contribution in [0.4, 0.5) is 0 Å². The van der Waals surface area contributed by atoms with Crippen LogP contribution < -0.4 is 10.6 Å². The summed E-state index contributed by atoms with van der Waals surface area (Å²) < 4.78 is 0. The van der Waals surface area contributed by atoms with Crippen LogP contribution in [-0.4, -0.2) is 54.9 Å². The average Bonchev–Trinajstić information content (AvgIpc) is 2.51. The van der Waals surface area contributed by atoms with Gasteiger partial charge in [-0.15, -0.1) is 0 Å². The Balaban J connectivity index is 2.59. The van der Waals surface area contributed by atoms with Crippen LogP contribution in [-0.2, 0) is 0 Å². The normalized spacial score (nSPS) is 12.0. The number of rotatable bonds is 8. The zero-order valence-electron chi connectivity index (χ0n) is 13.8. The molecule has 1 aromatic rings. The Labute approximate surface area is 132 Å². The van der Waals surface area contributed by atoms with E-state index in [1.165, 1.54) is 12.3 Å². The van der Waals surface area contributed by atoms with Gasteiger partial charge in [0, 0.05) is 24.3 Å². The molecule has 0 fully saturated rings. The molecule has 1 rings (SSSR count). The van der Waals surface area contributed by atoms with E-state index >= 15 is 0 Å². The fraction of sp³-hybridized carbons (Fsp3) is 0.562. The molecule has 6 nitrogen and oxygen atoms in total. The Kier molecular flexibility index (Phi) is 7.52. The summed E-state index contributed by atoms with van der Waals surface area (Å²) in [5.41, 5.74) is 0.718. The highest BCUT2D eigenvalue weighted by Gasteiger charge is 2.13. The molecule has 0 radical (unpaired) electrons. The van der Waals surface area contributed by atoms with E-state index in [0.29, 0.717) is 12.1 Å². The minimum absolute atomic E-state index is 0.0813. The van der Waals surface area contributed by atoms with E-state index in [9.17, 15) is 9.59 Å². The molecule has 0 aliphatic heterocycles. The SMILES string of the molecule is CCC(C)NC(=O)c1cc(C(=O)NCCCN(C)C)ccn1. The first kappa shape index (κ1) is 18.1. The number of pyridine rings is 1. The van der Waals surface area contributed by atoms with E-state index < -0.39 is 0 Å². The van der Waals surface area contributed by atoms with Gasteiger partial charge < -0.3 is 15.5 Å². The number of carbonyl (C=O) groups excluding carboxylic acids is 2. The quantitative estimate of drug-likeness (QED) is 0.710. The molecule has 122 valence electrons. The smallest absolute Gasteiger partial charge is 0.270 e. The van der Waals surface area contributed by atoms with E-state index in [-0.39, 0.29) is 23.6 Å². The van der Waals surface area contributed by atoms with Gasteiger partial charge in [0.1, 0.15) is 5.69 Å². The summed E-state index contributed by atoms with van der Waals surface area (Å²) in [6, 6.07) is 3.22. The fourth-order valence-electron chi connectivity index (χ4n) is 1.80. The summed E-state index contributed by atoms with van der Waals surface area (Å²) in [7, 11) is 3.99. The predicted molar refractivity (Wildman–Crippen MR) is 87.0 cm³/mol. The number of hydrogen-bond donors (Lipinski definition) is 2. The Morgan fingerprint density at radius 3 is 2.68 bits per heavy atom. The van der Waals surface area contributed by atoms with Crippen molar-refractivity contribution in [3.05, 3.63) is 29.6 Å². The molecule has 1 unspecified atom stereocenters. The first-order valence-corrected chi connectivity index (χ1v) is 7.64. The lowest BCUT2D eigenvalue weighted by Gasteiger charge is -2.12. The largest absolute Gasteiger partial charge is 0.352 e. The molecule has 1 heterocycles. The Bertz CT molecular complexity index is 503. The van der Waals surface area contributed by atoms with Crippen LogP contribution >= 0.6 is 0 Å². The predicted octanol–water partition coefficient (Wildman–Crippen LogP) is 1.29. The number of amides is 2. The second-order valence-electron chi connectivity index (χ2n) is 5.63. The van der Waals surface area contributed by atoms with Crippen LogP contribution in [0.25, 0.3) is 0 Å². The van der Waals surface area contributed by atoms with Gasteiger partial charge in [-0.1, -0.05) is 6.92 Å². The van der Waals surface area contributed by atoms with Crippen molar-refractivity contribution in [1.82, 2.24) is 20.5 Å². The second-order valence-corrected chi connectivity index (χ2v) is 5.63. The van der Waals surface area contributed by atoms with Gasteiger partial charge in [0.2, 0.25) is 0 Å². The molecule has 0 aliphatic rings. The topological polar surface area (TPSA) is 74.3 Å². The highest BCUT2D eigenvalue weighted by Crippen LogP contribution is 2.03. The minimum Gasteiger partial charge on any atom is -0.352 e. The van der Waals surface area contributed by atoms with Gasteiger partial charge in [0.05, 0.1) is 0 Å². The maximum Gasteiger partial charge on any atom is 0.270 e. The molecule has 2 amide bonds. The van der Waals surface area contributed by atoms with Crippen molar-refractivity contribution in [2.45, 2.75) is 32.7 Å². The Morgan fingerprint density at radius 2 is 2.05 bits per heavy atom. The van der Waals surface area contributed by atoms with E-state index in [4.69, 9.17) is 0 Å². The third-order valence-electron chi connectivity index (χ3n) is 3.31. The number of nitrogens with zero attached hydrogens (tertiary/aromatic N) is 2. The van der Waals surface area contributed by atoms with Crippen molar-refractivity contribution in [3.63, 3.8) is 0 Å². The van der Waals surface area contributed by atoms with Crippen LogP contribution in [0.2, 0.25) is 0 Å². The Hall–Kier alpha value is -1.95. The van der Waals surface area contributed by atoms with Crippen LogP contribution in [0, 0.1) is 0 Å². The van der Waals surface area contributed by atoms with E-state index in [0.717, 1.165) is 19.4 Å². The molecule has 0 aromatic carbocycles. The van der Waals surface area contributed by atoms with Crippen molar-refractivity contribution < 1.29 is 9.59 Å². The summed E-state index contributed by atoms with van der Waals surface area (Å²) in [4.78, 5) is 30.2. The summed E-state index contributed by atoms with van der Waals surface area (Å²) in [5, 5.41) is 5.69. The fourth-order valence-corrected chi connectivity index (χ4v) is 1.80. The molecule has 1 atom stereocenters. The molecule has 0 spiro atoms. The molecule has 1 aromatic heterocycles. The summed E-state index contributed by atoms with van der Waals surface area (Å²) in [6.07, 6.45) is 3.21. The molecule has 22 heavy (non-hydrogen) atoms. The molecule has 6 heteroatoms. The number of carbonyl (C=O) groups is 2. The standard InChI is InChI=1S/C16H26N4O2/c1-5-12(2)19-16(22)14-11-13(7-9-17-14)15(21)18-8-6-10-20(3)4/h7,9,11-12H,5-6,8,10H2,1-4H3,(H,18,21)(H,19,22). The van der Waals surface area contributed by atoms with Gasteiger partial charge >= 0.3 is 0 Å². The molecule has 0 saturated carbocycles. The number of hydrogen-bond acceptors (Lipinski definition) is 4. The third kappa shape index (κ3) is 6.22. The van der Waals surface area contributed by atoms with Crippen molar-refractivity contribution in [2.75, 3.05) is 27.2 Å². The van der Waals surface area contributed by atoms with Gasteiger partial charge in [-0.2, -0.15) is 0 Å². The van der Waals surface area contributed by atoms with E-state index in [2.05, 4.69) is 20.5 Å². The minimum atomic E-state index is -0.253. The summed E-state index contributed by atoms with van der Waals surface area (Å²) >= 11 is 0. The second kappa shape index (κ2) is 9.15. The van der Waals surface area contributed by atoms with Crippen molar-refractivity contribution in [1.29, 1.82) is 0 Å². The molecule has 0 bridgehead atoms. The summed E-state index contributed by atoms with van der Waals surface area (Å²) in [6.45, 7) is 5.45. The van der Waals surface area contributed by atoms with Crippen LogP contribution in [0.1, 0.15) is 47.5 Å². The van der Waals surface area contributed by atoms with Crippen LogP contribution in [0.15, 0.2) is 18.3 Å². The monoisotopic (exact) mass is 306 g/mol. The third-order valence-corrected chi connectivity index (χ3v) is 3.31. The number of nitrogens with one attached hydrogen (secondary N) is 2. The maximum atomic E-state index is 12.1. The number of aromatic nitrogens is 1. The Morgan fingerprint density at radius 1 is 1.32 bits per heavy atom. The summed E-state index contributed by atoms with van der Waals surface area (Å²) in [5.74, 6) is -0.435. The zero-order valence-corrected chi connectivity index (χ0v) is 13.8. The molecule has 2 N–H and O–H groups in total. The molecular weight excluding hydrogens is 280 g/mol. The van der Waals surface area contributed by atoms with Crippen LogP contribution in [0.5, 0.6) is 0 Å². The van der Waals surface area contributed by atoms with Gasteiger partial charge in [0.25, 0.3) is 11.8 Å². The van der Waals surface area contributed by atoms with E-state index in [1.54, 1.807) is 6.07 Å². The zero-order chi connectivity index (χ0) is 16.5. The molecule has 0 saturated heterocycles. The lowest BCUT2D eigenvalue weighted by atomic mass is 10.2. The van der Waals surface area contributed by atoms with Gasteiger partial charge in [-0.3, -0.25) is 14.6 Å². The van der Waals surface area contributed by atoms with E-state index in [1.807, 2.05) is 27.9 Å². The lowest BCUT2D eigenvalue weighted by Crippen LogP contribution is -2.33. The first-order chi connectivity index (χ1) is 10.4. The van der Waals surface area contributed by atoms with Gasteiger partial charge in [0.15, 0.2) is 0 Å². The highest BCUT2D eigenvalue weighted by molar-refractivity contribution is 5.98. The van der Waals surface area contributed by atoms with Crippen molar-refractivity contribution in [2.24, 2.45) is 0 Å². The average molecular weight is 306 g/mol. The maximum absolute atomic E-state index is 12.1.